The van der Waals surface area contributed by atoms with Gasteiger partial charge in [-0.3, -0.25) is 0 Å². The van der Waals surface area contributed by atoms with E-state index in [1.54, 1.807) is 0 Å². The maximum Gasteiger partial charge on any atom is 3.00 e. The van der Waals surface area contributed by atoms with E-state index in [1.165, 1.54) is 0 Å². The van der Waals surface area contributed by atoms with Gasteiger partial charge in [0.15, 0.2) is 0 Å². The predicted molar refractivity (Wildman–Crippen MR) is 14.9 cm³/mol. The number of hydrogen-bond donors (Lipinski definition) is 0. The summed E-state index contributed by atoms with van der Waals surface area (Å²) in [5.74, 6) is 0. The molecule has 0 N–H and O–H groups in total. The van der Waals surface area contributed by atoms with Crippen LogP contribution in [0.4, 0.5) is 0 Å². The monoisotopic (exact) mass is 360 g/mol. The molecule has 0 rings (SSSR count). The molecule has 0 fully saturated rings. The molecule has 0 spiro atoms. The molecular weight excluding hydrogens is 361 g/mol. The molecule has 0 saturated heterocycles. The topological polar surface area (TPSA) is 142 Å². The molecule has 11 heteroatoms. The predicted octanol–water partition coefficient (Wildman–Crippen LogP) is -1.37. The molecular formula is Al2Mn2Ni2O5. The molecule has 0 atom stereocenters. The van der Waals surface area contributed by atoms with Crippen LogP contribution in [0.5, 0.6) is 0 Å². The molecule has 0 aromatic carbocycles. The van der Waals surface area contributed by atoms with Crippen molar-refractivity contribution in [1.82, 2.24) is 0 Å². The molecule has 0 saturated carbocycles. The van der Waals surface area contributed by atoms with Gasteiger partial charge < -0.3 is 27.4 Å². The van der Waals surface area contributed by atoms with Gasteiger partial charge in [0, 0.05) is 34.1 Å². The van der Waals surface area contributed by atoms with Crippen molar-refractivity contribution >= 4 is 34.7 Å². The van der Waals surface area contributed by atoms with Crippen LogP contribution in [0.15, 0.2) is 0 Å². The minimum atomic E-state index is 0. The fraction of sp³-hybridized carbons (Fsp3) is 0. The van der Waals surface area contributed by atoms with Gasteiger partial charge in [-0.1, -0.05) is 0 Å². The first-order chi connectivity index (χ1) is 0. The first-order valence-corrected chi connectivity index (χ1v) is 0. The van der Waals surface area contributed by atoms with E-state index in [-0.39, 0.29) is 129 Å². The minimum Gasteiger partial charge on any atom is -2.00 e. The standard InChI is InChI=1S/2Al.2Mn.2Ni.5O/q2*+3;;;2*+2;5*-2. The van der Waals surface area contributed by atoms with Crippen LogP contribution < -0.4 is 0 Å². The van der Waals surface area contributed by atoms with E-state index >= 15 is 0 Å². The van der Waals surface area contributed by atoms with Gasteiger partial charge in [-0.2, -0.15) is 0 Å². The number of rotatable bonds is 0. The van der Waals surface area contributed by atoms with Crippen molar-refractivity contribution in [3.63, 3.8) is 0 Å². The second kappa shape index (κ2) is 218. The van der Waals surface area contributed by atoms with Crippen LogP contribution in [0.25, 0.3) is 0 Å². The minimum absolute atomic E-state index is 0. The second-order valence-corrected chi connectivity index (χ2v) is 0. The Kier molecular flexibility index (Phi) is 5480. The summed E-state index contributed by atoms with van der Waals surface area (Å²) < 4.78 is 0. The summed E-state index contributed by atoms with van der Waals surface area (Å²) in [5, 5.41) is 0. The zero-order chi connectivity index (χ0) is 0. The van der Waals surface area contributed by atoms with Gasteiger partial charge in [0.2, 0.25) is 0 Å². The van der Waals surface area contributed by atoms with Crippen molar-refractivity contribution in [3.05, 3.63) is 0 Å². The molecule has 2 radical (unpaired) electrons. The normalized spacial score (nSPS) is 0. The summed E-state index contributed by atoms with van der Waals surface area (Å²) in [5.41, 5.74) is 0. The molecule has 0 unspecified atom stereocenters. The molecule has 0 heterocycles. The smallest absolute Gasteiger partial charge is 2.00 e. The maximum atomic E-state index is 0. The van der Waals surface area contributed by atoms with E-state index in [0.717, 1.165) is 0 Å². The van der Waals surface area contributed by atoms with E-state index in [1.807, 2.05) is 0 Å². The van der Waals surface area contributed by atoms with Crippen molar-refractivity contribution in [2.45, 2.75) is 0 Å². The molecule has 0 aromatic heterocycles. The van der Waals surface area contributed by atoms with E-state index in [0.29, 0.717) is 0 Å². The van der Waals surface area contributed by atoms with Crippen molar-refractivity contribution < 1.29 is 94.5 Å². The zero-order valence-corrected chi connectivity index (χ0v) is 11.2. The van der Waals surface area contributed by atoms with Crippen LogP contribution >= 0.6 is 0 Å². The molecule has 0 aliphatic heterocycles. The van der Waals surface area contributed by atoms with Crippen LogP contribution in [0, 0.1) is 0 Å². The Bertz CT molecular complexity index is 20.4. The van der Waals surface area contributed by atoms with Gasteiger partial charge in [-0.15, -0.1) is 0 Å². The average molecular weight is 361 g/mol. The molecule has 70 valence electrons. The summed E-state index contributed by atoms with van der Waals surface area (Å²) in [4.78, 5) is 0. The number of hydrogen-bond acceptors (Lipinski definition) is 0. The Balaban J connectivity index is 0. The van der Waals surface area contributed by atoms with Gasteiger partial charge in [0.05, 0.1) is 0 Å². The molecule has 0 aromatic rings. The second-order valence-electron chi connectivity index (χ2n) is 0. The third-order valence-electron chi connectivity index (χ3n) is 0. The van der Waals surface area contributed by atoms with Crippen LogP contribution in [0.3, 0.4) is 0 Å². The first kappa shape index (κ1) is 276. The van der Waals surface area contributed by atoms with Gasteiger partial charge >= 0.3 is 67.7 Å². The molecule has 5 nitrogen and oxygen atoms in total. The quantitative estimate of drug-likeness (QED) is 0.470. The molecule has 0 bridgehead atoms. The van der Waals surface area contributed by atoms with E-state index < -0.39 is 0 Å². The average Bonchev–Trinajstić information content (AvgIpc) is 0. The van der Waals surface area contributed by atoms with Crippen molar-refractivity contribution in [3.8, 4) is 0 Å². The van der Waals surface area contributed by atoms with Crippen molar-refractivity contribution in [2.24, 2.45) is 0 Å². The Labute approximate surface area is 128 Å². The van der Waals surface area contributed by atoms with Crippen LogP contribution in [-0.4, -0.2) is 34.7 Å². The first-order valence-electron chi connectivity index (χ1n) is 0. The molecule has 11 heavy (non-hydrogen) atoms. The van der Waals surface area contributed by atoms with Gasteiger partial charge in [-0.25, -0.2) is 0 Å². The van der Waals surface area contributed by atoms with Crippen LogP contribution in [-0.2, 0) is 94.5 Å². The van der Waals surface area contributed by atoms with Crippen LogP contribution in [0.1, 0.15) is 0 Å². The largest absolute Gasteiger partial charge is 3.00 e. The van der Waals surface area contributed by atoms with E-state index in [9.17, 15) is 0 Å². The fourth-order valence-electron chi connectivity index (χ4n) is 0. The summed E-state index contributed by atoms with van der Waals surface area (Å²) in [6, 6.07) is 0. The van der Waals surface area contributed by atoms with Crippen molar-refractivity contribution in [2.75, 3.05) is 0 Å². The summed E-state index contributed by atoms with van der Waals surface area (Å²) in [6.07, 6.45) is 0. The molecule has 0 aliphatic carbocycles. The van der Waals surface area contributed by atoms with Gasteiger partial charge in [0.1, 0.15) is 0 Å². The molecule has 0 aliphatic rings. The third kappa shape index (κ3) is 183. The Morgan fingerprint density at radius 3 is 0.364 bits per heavy atom. The zero-order valence-electron chi connectivity index (χ0n) is 4.58. The Morgan fingerprint density at radius 2 is 0.364 bits per heavy atom. The van der Waals surface area contributed by atoms with E-state index in [4.69, 9.17) is 0 Å². The van der Waals surface area contributed by atoms with Crippen LogP contribution in [0.2, 0.25) is 0 Å². The fourth-order valence-corrected chi connectivity index (χ4v) is 0. The van der Waals surface area contributed by atoms with Crippen molar-refractivity contribution in [1.29, 1.82) is 0 Å². The maximum absolute atomic E-state index is 0. The summed E-state index contributed by atoms with van der Waals surface area (Å²) in [6.45, 7) is 0. The third-order valence-corrected chi connectivity index (χ3v) is 0. The summed E-state index contributed by atoms with van der Waals surface area (Å²) >= 11 is 0. The molecule has 0 amide bonds. The van der Waals surface area contributed by atoms with Gasteiger partial charge in [-0.05, 0) is 0 Å². The van der Waals surface area contributed by atoms with E-state index in [2.05, 4.69) is 0 Å². The SMILES string of the molecule is [Al+3].[Al+3].[Mn].[Mn].[Ni+2].[Ni+2].[O-2].[O-2].[O-2].[O-2].[O-2]. The summed E-state index contributed by atoms with van der Waals surface area (Å²) in [7, 11) is 0. The Morgan fingerprint density at radius 1 is 0.364 bits per heavy atom. The Hall–Kier alpha value is 2.89. The van der Waals surface area contributed by atoms with Gasteiger partial charge in [0.25, 0.3) is 0 Å².